The number of carbonyl (C=O) groups excluding carboxylic acids is 3. The molecule has 0 aliphatic carbocycles. The van der Waals surface area contributed by atoms with Gasteiger partial charge in [0.1, 0.15) is 17.8 Å². The highest BCUT2D eigenvalue weighted by molar-refractivity contribution is 6.12. The van der Waals surface area contributed by atoms with Crippen LogP contribution in [0.5, 0.6) is 0 Å². The van der Waals surface area contributed by atoms with Crippen LogP contribution in [0.2, 0.25) is 0 Å². The first-order chi connectivity index (χ1) is 13.0. The van der Waals surface area contributed by atoms with E-state index in [1.54, 1.807) is 11.2 Å². The van der Waals surface area contributed by atoms with E-state index in [0.717, 1.165) is 10.6 Å². The zero-order chi connectivity index (χ0) is 19.1. The Morgan fingerprint density at radius 2 is 1.89 bits per heavy atom. The van der Waals surface area contributed by atoms with Crippen molar-refractivity contribution in [3.63, 3.8) is 0 Å². The van der Waals surface area contributed by atoms with Crippen LogP contribution in [0.4, 0.5) is 10.5 Å². The molecule has 4 amide bonds. The lowest BCUT2D eigenvalue weighted by molar-refractivity contribution is -0.128. The van der Waals surface area contributed by atoms with Crippen molar-refractivity contribution in [1.82, 2.24) is 15.5 Å². The van der Waals surface area contributed by atoms with E-state index >= 15 is 0 Å². The second-order valence-corrected chi connectivity index (χ2v) is 7.04. The minimum absolute atomic E-state index is 0.0180. The molecule has 1 aromatic rings. The standard InChI is InChI=1S/C18H20N6O3/c1-10(2)14-17(26)23(18(27)22-14)9-13-20-15-12(16(25)21-13)8-19-24(15)11-6-4-3-5-7-11/h3-8,10,12,14-15H,9H2,1-2H3,(H,22,27)(H,20,21,25)/t12-,14+,15-/m1/s1. The van der Waals surface area contributed by atoms with Gasteiger partial charge in [-0.15, -0.1) is 0 Å². The van der Waals surface area contributed by atoms with Gasteiger partial charge in [0.15, 0.2) is 6.17 Å². The van der Waals surface area contributed by atoms with Crippen molar-refractivity contribution in [2.75, 3.05) is 11.6 Å². The van der Waals surface area contributed by atoms with Crippen LogP contribution in [0.1, 0.15) is 13.8 Å². The lowest BCUT2D eigenvalue weighted by Gasteiger charge is -2.29. The smallest absolute Gasteiger partial charge is 0.325 e. The predicted octanol–water partition coefficient (Wildman–Crippen LogP) is 0.539. The summed E-state index contributed by atoms with van der Waals surface area (Å²) in [7, 11) is 0. The minimum atomic E-state index is -0.555. The molecular formula is C18H20N6O3. The third kappa shape index (κ3) is 2.94. The highest BCUT2D eigenvalue weighted by Crippen LogP contribution is 2.28. The molecule has 0 unspecified atom stereocenters. The average molecular weight is 368 g/mol. The molecule has 27 heavy (non-hydrogen) atoms. The Labute approximate surface area is 156 Å². The van der Waals surface area contributed by atoms with Crippen LogP contribution < -0.4 is 15.6 Å². The van der Waals surface area contributed by atoms with Crippen LogP contribution in [0.3, 0.4) is 0 Å². The number of nitrogens with zero attached hydrogens (tertiary/aromatic N) is 4. The minimum Gasteiger partial charge on any atom is -0.326 e. The van der Waals surface area contributed by atoms with Crippen molar-refractivity contribution in [2.45, 2.75) is 26.1 Å². The molecule has 1 fully saturated rings. The fourth-order valence-corrected chi connectivity index (χ4v) is 3.37. The van der Waals surface area contributed by atoms with Crippen molar-refractivity contribution in [2.24, 2.45) is 21.9 Å². The number of amides is 4. The van der Waals surface area contributed by atoms with Gasteiger partial charge in [0.2, 0.25) is 5.91 Å². The molecule has 0 spiro atoms. The zero-order valence-electron chi connectivity index (χ0n) is 15.0. The van der Waals surface area contributed by atoms with Crippen LogP contribution in [0.25, 0.3) is 0 Å². The maximum absolute atomic E-state index is 12.5. The number of fused-ring (bicyclic) bond motifs is 1. The van der Waals surface area contributed by atoms with E-state index in [4.69, 9.17) is 0 Å². The van der Waals surface area contributed by atoms with Crippen LogP contribution in [-0.4, -0.2) is 53.5 Å². The molecule has 140 valence electrons. The first-order valence-electron chi connectivity index (χ1n) is 8.83. The van der Waals surface area contributed by atoms with Crippen molar-refractivity contribution >= 4 is 35.6 Å². The van der Waals surface area contributed by atoms with Crippen molar-refractivity contribution < 1.29 is 14.4 Å². The van der Waals surface area contributed by atoms with Gasteiger partial charge in [0.25, 0.3) is 5.91 Å². The number of nitrogens with one attached hydrogen (secondary N) is 2. The van der Waals surface area contributed by atoms with E-state index in [2.05, 4.69) is 20.7 Å². The molecule has 1 saturated heterocycles. The number of aliphatic imine (C=N–C) groups is 1. The Hall–Kier alpha value is -3.23. The van der Waals surface area contributed by atoms with E-state index in [9.17, 15) is 14.4 Å². The molecule has 9 heteroatoms. The Morgan fingerprint density at radius 3 is 2.56 bits per heavy atom. The molecule has 0 radical (unpaired) electrons. The Morgan fingerprint density at radius 1 is 1.15 bits per heavy atom. The number of hydrogen-bond donors (Lipinski definition) is 2. The SMILES string of the molecule is CC(C)[C@@H]1NC(=O)N(CC2=N[C@H]3[C@@H](C=NN3c3ccccc3)C(=O)N2)C1=O. The third-order valence-electron chi connectivity index (χ3n) is 4.83. The second-order valence-electron chi connectivity index (χ2n) is 7.04. The number of hydrogen-bond acceptors (Lipinski definition) is 6. The van der Waals surface area contributed by atoms with Crippen LogP contribution in [0, 0.1) is 11.8 Å². The first kappa shape index (κ1) is 17.2. The number of para-hydroxylation sites is 1. The number of benzene rings is 1. The summed E-state index contributed by atoms with van der Waals surface area (Å²) in [5.74, 6) is -0.812. The summed E-state index contributed by atoms with van der Waals surface area (Å²) in [6, 6.07) is 8.39. The zero-order valence-corrected chi connectivity index (χ0v) is 15.0. The number of amidine groups is 1. The summed E-state index contributed by atoms with van der Waals surface area (Å²) in [5.41, 5.74) is 0.814. The fourth-order valence-electron chi connectivity index (χ4n) is 3.37. The molecule has 9 nitrogen and oxygen atoms in total. The van der Waals surface area contributed by atoms with Gasteiger partial charge in [0, 0.05) is 6.21 Å². The van der Waals surface area contributed by atoms with Crippen LogP contribution in [0.15, 0.2) is 40.4 Å². The van der Waals surface area contributed by atoms with Crippen molar-refractivity contribution in [3.8, 4) is 0 Å². The van der Waals surface area contributed by atoms with E-state index in [1.165, 1.54) is 0 Å². The lowest BCUT2D eigenvalue weighted by Crippen LogP contribution is -2.52. The number of hydrazone groups is 1. The Kier molecular flexibility index (Phi) is 4.14. The highest BCUT2D eigenvalue weighted by atomic mass is 16.2. The maximum atomic E-state index is 12.5. The molecular weight excluding hydrogens is 348 g/mol. The van der Waals surface area contributed by atoms with E-state index in [-0.39, 0.29) is 30.1 Å². The molecule has 3 atom stereocenters. The van der Waals surface area contributed by atoms with Gasteiger partial charge in [-0.1, -0.05) is 32.0 Å². The van der Waals surface area contributed by atoms with Gasteiger partial charge in [-0.2, -0.15) is 5.10 Å². The molecule has 3 aliphatic rings. The van der Waals surface area contributed by atoms with E-state index in [0.29, 0.717) is 0 Å². The maximum Gasteiger partial charge on any atom is 0.325 e. The molecule has 3 aliphatic heterocycles. The highest BCUT2D eigenvalue weighted by Gasteiger charge is 2.43. The first-order valence-corrected chi connectivity index (χ1v) is 8.83. The summed E-state index contributed by atoms with van der Waals surface area (Å²) in [5, 5.41) is 11.3. The summed E-state index contributed by atoms with van der Waals surface area (Å²) >= 11 is 0. The number of imide groups is 1. The number of anilines is 1. The molecule has 0 aromatic heterocycles. The quantitative estimate of drug-likeness (QED) is 0.757. The molecule has 1 aromatic carbocycles. The van der Waals surface area contributed by atoms with Crippen molar-refractivity contribution in [3.05, 3.63) is 30.3 Å². The van der Waals surface area contributed by atoms with Gasteiger partial charge in [-0.25, -0.2) is 14.8 Å². The predicted molar refractivity (Wildman–Crippen MR) is 99.1 cm³/mol. The second kappa shape index (κ2) is 6.49. The monoisotopic (exact) mass is 368 g/mol. The molecule has 3 heterocycles. The number of rotatable bonds is 4. The number of carbonyl (C=O) groups is 3. The van der Waals surface area contributed by atoms with Gasteiger partial charge >= 0.3 is 6.03 Å². The van der Waals surface area contributed by atoms with Crippen molar-refractivity contribution in [1.29, 1.82) is 0 Å². The number of urea groups is 1. The van der Waals surface area contributed by atoms with Gasteiger partial charge < -0.3 is 10.6 Å². The van der Waals surface area contributed by atoms with E-state index < -0.39 is 24.2 Å². The summed E-state index contributed by atoms with van der Waals surface area (Å²) in [6.07, 6.45) is 1.04. The van der Waals surface area contributed by atoms with Crippen LogP contribution in [-0.2, 0) is 9.59 Å². The largest absolute Gasteiger partial charge is 0.326 e. The summed E-state index contributed by atoms with van der Waals surface area (Å²) in [4.78, 5) is 42.7. The molecule has 2 N–H and O–H groups in total. The lowest BCUT2D eigenvalue weighted by atomic mass is 10.0. The summed E-state index contributed by atoms with van der Waals surface area (Å²) in [6.45, 7) is 3.65. The molecule has 4 rings (SSSR count). The summed E-state index contributed by atoms with van der Waals surface area (Å²) < 4.78 is 0. The Balaban J connectivity index is 1.57. The van der Waals surface area contributed by atoms with Gasteiger partial charge in [-0.3, -0.25) is 14.5 Å². The van der Waals surface area contributed by atoms with Gasteiger partial charge in [-0.05, 0) is 18.1 Å². The van der Waals surface area contributed by atoms with Crippen LogP contribution >= 0.6 is 0 Å². The fraction of sp³-hybridized carbons (Fsp3) is 0.389. The normalized spacial score (nSPS) is 27.0. The topological polar surface area (TPSA) is 106 Å². The third-order valence-corrected chi connectivity index (χ3v) is 4.83. The average Bonchev–Trinajstić information content (AvgIpc) is 3.19. The Bertz CT molecular complexity index is 850. The molecule has 0 saturated carbocycles. The van der Waals surface area contributed by atoms with E-state index in [1.807, 2.05) is 44.2 Å². The molecule has 0 bridgehead atoms. The van der Waals surface area contributed by atoms with Gasteiger partial charge in [0.05, 0.1) is 12.2 Å².